The van der Waals surface area contributed by atoms with E-state index >= 15 is 0 Å². The summed E-state index contributed by atoms with van der Waals surface area (Å²) in [4.78, 5) is 20.4. The van der Waals surface area contributed by atoms with Crippen molar-refractivity contribution in [3.05, 3.63) is 272 Å². The van der Waals surface area contributed by atoms with Crippen LogP contribution in [-0.4, -0.2) is 24.9 Å². The summed E-state index contributed by atoms with van der Waals surface area (Å²) in [6.45, 7) is 3.65. The number of hydrogen-bond donors (Lipinski definition) is 0. The first kappa shape index (κ1) is 63.8. The Kier molecular flexibility index (Phi) is 31.5. The van der Waals surface area contributed by atoms with Crippen LogP contribution in [0.2, 0.25) is 0 Å². The van der Waals surface area contributed by atoms with Crippen LogP contribution in [0.15, 0.2) is 207 Å². The predicted octanol–water partition coefficient (Wildman–Crippen LogP) is 13.9. The molecule has 71 heavy (non-hydrogen) atoms. The van der Waals surface area contributed by atoms with Crippen LogP contribution < -0.4 is 0 Å². The molecule has 0 fully saturated rings. The van der Waals surface area contributed by atoms with Crippen molar-refractivity contribution in [1.29, 1.82) is 0 Å². The molecule has 0 N–H and O–H groups in total. The Hall–Kier alpha value is -5.18. The summed E-state index contributed by atoms with van der Waals surface area (Å²) in [6, 6.07) is 65.8. The zero-order valence-corrected chi connectivity index (χ0v) is 49.5. The summed E-state index contributed by atoms with van der Waals surface area (Å²) < 4.78 is 52.5. The monoisotopic (exact) mass is 1840 g/mol. The summed E-state index contributed by atoms with van der Waals surface area (Å²) in [5.41, 5.74) is 8.57. The first-order valence-electron chi connectivity index (χ1n) is 20.5. The number of benzene rings is 5. The van der Waals surface area contributed by atoms with Gasteiger partial charge < -0.3 is 24.9 Å². The molecule has 5 nitrogen and oxygen atoms in total. The Morgan fingerprint density at radius 1 is 0.352 bits per heavy atom. The molecule has 0 spiro atoms. The second kappa shape index (κ2) is 35.0. The van der Waals surface area contributed by atoms with E-state index in [0.717, 1.165) is 33.8 Å². The number of nitrogens with zero attached hydrogens (tertiary/aromatic N) is 5. The maximum absolute atomic E-state index is 13.3. The molecule has 0 aliphatic carbocycles. The molecule has 10 rings (SSSR count). The van der Waals surface area contributed by atoms with Gasteiger partial charge in [0.2, 0.25) is 0 Å². The minimum atomic E-state index is -0.315. The quantitative estimate of drug-likeness (QED) is 0.127. The normalized spacial score (nSPS) is 9.27. The second-order valence-corrected chi connectivity index (χ2v) is 13.9. The van der Waals surface area contributed by atoms with Crippen molar-refractivity contribution in [2.75, 3.05) is 0 Å². The molecular formula is C57H40F4Ir5N5-5. The van der Waals surface area contributed by atoms with Crippen LogP contribution in [0.25, 0.3) is 56.3 Å². The van der Waals surface area contributed by atoms with Crippen LogP contribution in [0.3, 0.4) is 0 Å². The Morgan fingerprint density at radius 3 is 1.31 bits per heavy atom. The predicted molar refractivity (Wildman–Crippen MR) is 252 cm³/mol. The molecule has 5 aromatic heterocycles. The molecule has 5 heterocycles. The summed E-state index contributed by atoms with van der Waals surface area (Å²) in [5, 5.41) is 0. The van der Waals surface area contributed by atoms with E-state index in [-0.39, 0.29) is 124 Å². The molecule has 0 aliphatic rings. The van der Waals surface area contributed by atoms with Crippen molar-refractivity contribution in [2.24, 2.45) is 0 Å². The van der Waals surface area contributed by atoms with Crippen LogP contribution in [0, 0.1) is 67.4 Å². The standard InChI is InChI=1S/2C12H9FN.2C11H7FN.C11H8N.5Ir/c1-9-4-2-5-10(8-9)12-11(13)6-3-7-14-12;1-9-10(5-4-6-11(9)13)12-7-2-3-8-14-12;12-10-5-3-4-9(8-10)11-6-1-2-7-13-11;12-10-7-4-8-13-11(10)9-5-2-1-3-6-9;1-2-6-10(7-3-1)11-8-4-5-9-12-11;;;;;/h2-7H,1H3;2-4,6-8H,1H3;1-3,5-8H;1-5,7-8H;1-6,8-9H;;;;;/q5*-1;;;;;. The number of aromatic nitrogens is 5. The van der Waals surface area contributed by atoms with E-state index in [0.29, 0.717) is 33.6 Å². The molecule has 0 saturated carbocycles. The fraction of sp³-hybridized carbons (Fsp3) is 0.0351. The van der Waals surface area contributed by atoms with Crippen molar-refractivity contribution >= 4 is 0 Å². The van der Waals surface area contributed by atoms with E-state index in [2.05, 4.69) is 55.3 Å². The van der Waals surface area contributed by atoms with Gasteiger partial charge in [0.05, 0.1) is 0 Å². The number of aryl methyl sites for hydroxylation is 1. The maximum atomic E-state index is 13.3. The van der Waals surface area contributed by atoms with Crippen molar-refractivity contribution in [3.63, 3.8) is 0 Å². The largest absolute Gasteiger partial charge is 0.305 e. The van der Waals surface area contributed by atoms with Gasteiger partial charge in [-0.15, -0.1) is 161 Å². The molecule has 0 unspecified atom stereocenters. The third-order valence-electron chi connectivity index (χ3n) is 9.14. The van der Waals surface area contributed by atoms with Gasteiger partial charge in [-0.25, -0.2) is 17.6 Å². The summed E-state index contributed by atoms with van der Waals surface area (Å²) >= 11 is 0. The minimum Gasteiger partial charge on any atom is -0.305 e. The van der Waals surface area contributed by atoms with Crippen LogP contribution in [0.4, 0.5) is 17.6 Å². The molecule has 0 atom stereocenters. The summed E-state index contributed by atoms with van der Waals surface area (Å²) in [7, 11) is 0. The maximum Gasteiger partial charge on any atom is 0.107 e. The number of hydrogen-bond acceptors (Lipinski definition) is 5. The van der Waals surface area contributed by atoms with Gasteiger partial charge in [0.1, 0.15) is 11.6 Å². The zero-order valence-electron chi connectivity index (χ0n) is 37.5. The zero-order chi connectivity index (χ0) is 46.4. The molecule has 371 valence electrons. The van der Waals surface area contributed by atoms with Gasteiger partial charge in [-0.05, 0) is 59.5 Å². The first-order valence-corrected chi connectivity index (χ1v) is 20.5. The molecular weight excluding hydrogens is 1790 g/mol. The Labute approximate surface area is 480 Å². The van der Waals surface area contributed by atoms with Crippen LogP contribution in [0.5, 0.6) is 0 Å². The van der Waals surface area contributed by atoms with Gasteiger partial charge in [0.15, 0.2) is 0 Å². The van der Waals surface area contributed by atoms with Gasteiger partial charge >= 0.3 is 0 Å². The SMILES string of the molecule is Cc1[c-]c(-c2ncccc2F)ccc1.Cc1c(-c2ccccn2)[c-]ccc1F.Fc1cc[c-]c(-c2ccccn2)c1.Fc1cccnc1-c1[c-]cccc1.[Ir].[Ir].[Ir].[Ir].[Ir].[c-]1ccccc1-c1ccccn1. The topological polar surface area (TPSA) is 64.5 Å². The van der Waals surface area contributed by atoms with E-state index in [9.17, 15) is 17.6 Å². The van der Waals surface area contributed by atoms with Crippen molar-refractivity contribution in [2.45, 2.75) is 13.8 Å². The average molecular weight is 1830 g/mol. The van der Waals surface area contributed by atoms with Crippen LogP contribution in [-0.2, 0) is 101 Å². The van der Waals surface area contributed by atoms with E-state index in [1.807, 2.05) is 110 Å². The van der Waals surface area contributed by atoms with Gasteiger partial charge in [0.25, 0.3) is 0 Å². The fourth-order valence-electron chi connectivity index (χ4n) is 5.94. The molecule has 0 bridgehead atoms. The van der Waals surface area contributed by atoms with Gasteiger partial charge in [0, 0.05) is 155 Å². The van der Waals surface area contributed by atoms with Crippen molar-refractivity contribution in [1.82, 2.24) is 24.9 Å². The molecule has 5 aromatic carbocycles. The van der Waals surface area contributed by atoms with Gasteiger partial charge in [-0.1, -0.05) is 55.8 Å². The van der Waals surface area contributed by atoms with E-state index in [4.69, 9.17) is 0 Å². The van der Waals surface area contributed by atoms with Gasteiger partial charge in [-0.3, -0.25) is 0 Å². The molecule has 14 heteroatoms. The third kappa shape index (κ3) is 20.8. The molecule has 0 saturated heterocycles. The number of rotatable bonds is 5. The second-order valence-electron chi connectivity index (χ2n) is 13.9. The molecule has 5 radical (unpaired) electrons. The summed E-state index contributed by atoms with van der Waals surface area (Å²) in [6.07, 6.45) is 8.30. The Morgan fingerprint density at radius 2 is 0.817 bits per heavy atom. The molecule has 0 aliphatic heterocycles. The van der Waals surface area contributed by atoms with Crippen LogP contribution >= 0.6 is 0 Å². The van der Waals surface area contributed by atoms with Crippen molar-refractivity contribution in [3.8, 4) is 56.3 Å². The minimum absolute atomic E-state index is 0. The van der Waals surface area contributed by atoms with E-state index in [1.54, 1.807) is 80.4 Å². The summed E-state index contributed by atoms with van der Waals surface area (Å²) in [5.74, 6) is -1.11. The van der Waals surface area contributed by atoms with Crippen LogP contribution in [0.1, 0.15) is 11.1 Å². The Bertz CT molecular complexity index is 2970. The van der Waals surface area contributed by atoms with E-state index < -0.39 is 0 Å². The third-order valence-corrected chi connectivity index (χ3v) is 9.14. The Balaban J connectivity index is 0.000000436. The number of halogens is 4. The molecule has 10 aromatic rings. The number of pyridine rings is 5. The average Bonchev–Trinajstić information content (AvgIpc) is 3.37. The fourth-order valence-corrected chi connectivity index (χ4v) is 5.94. The van der Waals surface area contributed by atoms with E-state index in [1.165, 1.54) is 30.3 Å². The smallest absolute Gasteiger partial charge is 0.107 e. The first-order chi connectivity index (χ1) is 32.3. The van der Waals surface area contributed by atoms with Gasteiger partial charge in [-0.2, -0.15) is 0 Å². The molecule has 0 amide bonds. The van der Waals surface area contributed by atoms with Crippen molar-refractivity contribution < 1.29 is 118 Å².